The summed E-state index contributed by atoms with van der Waals surface area (Å²) in [7, 11) is 0. The van der Waals surface area contributed by atoms with Crippen LogP contribution in [0.15, 0.2) is 67.4 Å². The van der Waals surface area contributed by atoms with Crippen molar-refractivity contribution in [3.05, 3.63) is 78.8 Å². The first-order valence-electron chi connectivity index (χ1n) is 9.23. The van der Waals surface area contributed by atoms with Gasteiger partial charge in [0.05, 0.1) is 0 Å². The molecule has 0 bridgehead atoms. The molecule has 134 valence electrons. The molecule has 0 aliphatic carbocycles. The van der Waals surface area contributed by atoms with Gasteiger partial charge in [-0.15, -0.1) is 0 Å². The lowest BCUT2D eigenvalue weighted by Gasteiger charge is -2.14. The van der Waals surface area contributed by atoms with Crippen LogP contribution in [-0.4, -0.2) is 42.6 Å². The highest BCUT2D eigenvalue weighted by atomic mass is 15.3. The number of rotatable bonds is 4. The van der Waals surface area contributed by atoms with Crippen LogP contribution in [0.2, 0.25) is 0 Å². The average molecular weight is 356 g/mol. The maximum absolute atomic E-state index is 4.77. The van der Waals surface area contributed by atoms with Crippen LogP contribution in [0.5, 0.6) is 0 Å². The minimum atomic E-state index is 0.378. The molecule has 0 spiro atoms. The van der Waals surface area contributed by atoms with Gasteiger partial charge in [0.15, 0.2) is 11.5 Å². The molecule has 1 fully saturated rings. The molecule has 0 aromatic carbocycles. The first-order valence-corrected chi connectivity index (χ1v) is 9.23. The molecule has 6 heteroatoms. The van der Waals surface area contributed by atoms with E-state index in [0.717, 1.165) is 48.7 Å². The van der Waals surface area contributed by atoms with Gasteiger partial charge in [-0.05, 0) is 42.8 Å². The highest BCUT2D eigenvalue weighted by Crippen LogP contribution is 2.27. The summed E-state index contributed by atoms with van der Waals surface area (Å²) in [5, 5.41) is 4.77. The van der Waals surface area contributed by atoms with Gasteiger partial charge in [0.25, 0.3) is 0 Å². The zero-order valence-electron chi connectivity index (χ0n) is 14.9. The quantitative estimate of drug-likeness (QED) is 0.562. The second-order valence-electron chi connectivity index (χ2n) is 7.01. The van der Waals surface area contributed by atoms with Crippen molar-refractivity contribution in [2.24, 2.45) is 0 Å². The SMILES string of the molecule is c1cncc(CN2CC[C@@H](c3nc4ccc(-c5cccnc5)cn4n3)C2)c1. The van der Waals surface area contributed by atoms with Gasteiger partial charge < -0.3 is 0 Å². The Bertz CT molecular complexity index is 1040. The highest BCUT2D eigenvalue weighted by Gasteiger charge is 2.27. The van der Waals surface area contributed by atoms with Gasteiger partial charge in [-0.3, -0.25) is 14.9 Å². The zero-order chi connectivity index (χ0) is 18.1. The Hall–Kier alpha value is -3.12. The third-order valence-electron chi connectivity index (χ3n) is 5.11. The largest absolute Gasteiger partial charge is 0.298 e. The number of aromatic nitrogens is 5. The van der Waals surface area contributed by atoms with E-state index in [0.29, 0.717) is 5.92 Å². The molecule has 0 N–H and O–H groups in total. The smallest absolute Gasteiger partial charge is 0.156 e. The summed E-state index contributed by atoms with van der Waals surface area (Å²) in [6.45, 7) is 2.99. The van der Waals surface area contributed by atoms with Crippen molar-refractivity contribution in [1.29, 1.82) is 0 Å². The maximum atomic E-state index is 4.77. The van der Waals surface area contributed by atoms with Gasteiger partial charge in [-0.2, -0.15) is 5.10 Å². The molecule has 5 rings (SSSR count). The summed E-state index contributed by atoms with van der Waals surface area (Å²) in [6, 6.07) is 12.2. The van der Waals surface area contributed by atoms with Crippen LogP contribution in [0.1, 0.15) is 23.7 Å². The Morgan fingerprint density at radius 2 is 1.85 bits per heavy atom. The molecule has 1 saturated heterocycles. The Kier molecular flexibility index (Phi) is 4.10. The Labute approximate surface area is 157 Å². The second-order valence-corrected chi connectivity index (χ2v) is 7.01. The predicted octanol–water partition coefficient (Wildman–Crippen LogP) is 3.18. The molecule has 1 aliphatic heterocycles. The van der Waals surface area contributed by atoms with Gasteiger partial charge in [-0.1, -0.05) is 12.1 Å². The van der Waals surface area contributed by atoms with E-state index in [4.69, 9.17) is 10.1 Å². The highest BCUT2D eigenvalue weighted by molar-refractivity contribution is 5.63. The second kappa shape index (κ2) is 6.89. The number of likely N-dealkylation sites (tertiary alicyclic amines) is 1. The molecular weight excluding hydrogens is 336 g/mol. The van der Waals surface area contributed by atoms with Gasteiger partial charge in [0, 0.05) is 61.1 Å². The van der Waals surface area contributed by atoms with Crippen molar-refractivity contribution in [2.45, 2.75) is 18.9 Å². The summed E-state index contributed by atoms with van der Waals surface area (Å²) >= 11 is 0. The lowest BCUT2D eigenvalue weighted by atomic mass is 10.1. The molecule has 1 atom stereocenters. The monoisotopic (exact) mass is 356 g/mol. The van der Waals surface area contributed by atoms with Crippen LogP contribution < -0.4 is 0 Å². The number of hydrogen-bond acceptors (Lipinski definition) is 5. The number of pyridine rings is 3. The van der Waals surface area contributed by atoms with Crippen molar-refractivity contribution < 1.29 is 0 Å². The maximum Gasteiger partial charge on any atom is 0.156 e. The van der Waals surface area contributed by atoms with E-state index in [1.165, 1.54) is 5.56 Å². The minimum absolute atomic E-state index is 0.378. The third kappa shape index (κ3) is 3.31. The average Bonchev–Trinajstić information content (AvgIpc) is 3.35. The van der Waals surface area contributed by atoms with Crippen LogP contribution in [-0.2, 0) is 6.54 Å². The summed E-state index contributed by atoms with van der Waals surface area (Å²) < 4.78 is 1.89. The van der Waals surface area contributed by atoms with Gasteiger partial charge >= 0.3 is 0 Å². The van der Waals surface area contributed by atoms with Crippen LogP contribution in [0.4, 0.5) is 0 Å². The molecule has 4 aromatic rings. The molecule has 0 unspecified atom stereocenters. The van der Waals surface area contributed by atoms with E-state index in [1.54, 1.807) is 6.20 Å². The van der Waals surface area contributed by atoms with Crippen molar-refractivity contribution in [3.63, 3.8) is 0 Å². The van der Waals surface area contributed by atoms with E-state index in [-0.39, 0.29) is 0 Å². The first-order chi connectivity index (χ1) is 13.3. The fraction of sp³-hybridized carbons (Fsp3) is 0.238. The molecule has 1 aliphatic rings. The van der Waals surface area contributed by atoms with Crippen molar-refractivity contribution in [1.82, 2.24) is 29.5 Å². The van der Waals surface area contributed by atoms with Crippen molar-refractivity contribution >= 4 is 5.65 Å². The van der Waals surface area contributed by atoms with E-state index in [2.05, 4.69) is 33.1 Å². The summed E-state index contributed by atoms with van der Waals surface area (Å²) in [4.78, 5) is 15.6. The third-order valence-corrected chi connectivity index (χ3v) is 5.11. The van der Waals surface area contributed by atoms with Crippen molar-refractivity contribution in [3.8, 4) is 11.1 Å². The summed E-state index contributed by atoms with van der Waals surface area (Å²) in [5.41, 5.74) is 4.32. The normalized spacial score (nSPS) is 17.6. The molecule has 0 radical (unpaired) electrons. The molecule has 0 amide bonds. The van der Waals surface area contributed by atoms with Gasteiger partial charge in [-0.25, -0.2) is 9.50 Å². The van der Waals surface area contributed by atoms with Gasteiger partial charge in [0.2, 0.25) is 0 Å². The van der Waals surface area contributed by atoms with E-state index >= 15 is 0 Å². The fourth-order valence-electron chi connectivity index (χ4n) is 3.71. The molecule has 27 heavy (non-hydrogen) atoms. The Morgan fingerprint density at radius 3 is 2.67 bits per heavy atom. The predicted molar refractivity (Wildman–Crippen MR) is 103 cm³/mol. The lowest BCUT2D eigenvalue weighted by Crippen LogP contribution is -2.20. The Balaban J connectivity index is 1.35. The van der Waals surface area contributed by atoms with Crippen LogP contribution in [0.3, 0.4) is 0 Å². The van der Waals surface area contributed by atoms with E-state index in [1.807, 2.05) is 47.5 Å². The number of nitrogens with zero attached hydrogens (tertiary/aromatic N) is 6. The van der Waals surface area contributed by atoms with Crippen molar-refractivity contribution in [2.75, 3.05) is 13.1 Å². The molecule has 5 heterocycles. The van der Waals surface area contributed by atoms with E-state index in [9.17, 15) is 0 Å². The molecule has 0 saturated carbocycles. The zero-order valence-corrected chi connectivity index (χ0v) is 14.9. The van der Waals surface area contributed by atoms with E-state index < -0.39 is 0 Å². The van der Waals surface area contributed by atoms with Gasteiger partial charge in [0.1, 0.15) is 0 Å². The summed E-state index contributed by atoms with van der Waals surface area (Å²) in [5.74, 6) is 1.32. The van der Waals surface area contributed by atoms with Crippen LogP contribution in [0, 0.1) is 0 Å². The number of fused-ring (bicyclic) bond motifs is 1. The standard InChI is InChI=1S/C21H20N6/c1-3-16(11-22-8-1)13-26-10-7-19(14-26)21-24-20-6-5-18(15-27(20)25-21)17-4-2-9-23-12-17/h1-6,8-9,11-12,15,19H,7,10,13-14H2/t19-/m1/s1. The minimum Gasteiger partial charge on any atom is -0.298 e. The number of hydrogen-bond donors (Lipinski definition) is 0. The lowest BCUT2D eigenvalue weighted by molar-refractivity contribution is 0.325. The molecular formula is C21H20N6. The molecule has 6 nitrogen and oxygen atoms in total. The topological polar surface area (TPSA) is 59.2 Å². The summed E-state index contributed by atoms with van der Waals surface area (Å²) in [6.07, 6.45) is 10.5. The fourth-order valence-corrected chi connectivity index (χ4v) is 3.71. The van der Waals surface area contributed by atoms with Crippen LogP contribution in [0.25, 0.3) is 16.8 Å². The Morgan fingerprint density at radius 1 is 0.963 bits per heavy atom. The van der Waals surface area contributed by atoms with Crippen LogP contribution >= 0.6 is 0 Å². The first kappa shape index (κ1) is 16.1. The molecule has 4 aromatic heterocycles.